The fourth-order valence-electron chi connectivity index (χ4n) is 3.13. The zero-order valence-electron chi connectivity index (χ0n) is 12.6. The van der Waals surface area contributed by atoms with Gasteiger partial charge in [0.1, 0.15) is 0 Å². The highest BCUT2D eigenvalue weighted by atomic mass is 32.1. The Labute approximate surface area is 133 Å². The first-order valence-electron chi connectivity index (χ1n) is 7.67. The standard InChI is InChI=1S/C15H19N5OS/c1-11-16-6-14(22-11)10-18-7-13(8-18)20-9-12(5-17-20)19-4-2-3-15(19)21/h5-6,9,13H,2-4,7-8,10H2,1H3. The zero-order chi connectivity index (χ0) is 15.1. The van der Waals surface area contributed by atoms with Crippen molar-refractivity contribution in [3.63, 3.8) is 0 Å². The van der Waals surface area contributed by atoms with Crippen molar-refractivity contribution >= 4 is 22.9 Å². The lowest BCUT2D eigenvalue weighted by molar-refractivity contribution is -0.117. The Hall–Kier alpha value is -1.73. The highest BCUT2D eigenvalue weighted by Gasteiger charge is 2.30. The van der Waals surface area contributed by atoms with Gasteiger partial charge in [-0.05, 0) is 13.3 Å². The largest absolute Gasteiger partial charge is 0.309 e. The topological polar surface area (TPSA) is 54.3 Å². The lowest BCUT2D eigenvalue weighted by Gasteiger charge is -2.38. The first-order valence-corrected chi connectivity index (χ1v) is 8.49. The molecule has 0 aromatic carbocycles. The molecule has 0 spiro atoms. The summed E-state index contributed by atoms with van der Waals surface area (Å²) in [5.41, 5.74) is 0.944. The number of hydrogen-bond donors (Lipinski definition) is 0. The molecule has 7 heteroatoms. The van der Waals surface area contributed by atoms with E-state index in [4.69, 9.17) is 0 Å². The second-order valence-electron chi connectivity index (χ2n) is 6.02. The molecule has 0 saturated carbocycles. The molecule has 4 rings (SSSR count). The first kappa shape index (κ1) is 13.9. The molecular weight excluding hydrogens is 298 g/mol. The van der Waals surface area contributed by atoms with Crippen LogP contribution in [0.2, 0.25) is 0 Å². The molecule has 0 unspecified atom stereocenters. The van der Waals surface area contributed by atoms with Crippen molar-refractivity contribution in [3.8, 4) is 0 Å². The molecule has 0 aliphatic carbocycles. The third-order valence-corrected chi connectivity index (χ3v) is 5.23. The lowest BCUT2D eigenvalue weighted by Crippen LogP contribution is -2.47. The van der Waals surface area contributed by atoms with Crippen molar-refractivity contribution in [1.82, 2.24) is 19.7 Å². The van der Waals surface area contributed by atoms with Crippen molar-refractivity contribution in [2.45, 2.75) is 32.4 Å². The SMILES string of the molecule is Cc1ncc(CN2CC(n3cc(N4CCCC4=O)cn3)C2)s1. The second-order valence-corrected chi connectivity index (χ2v) is 7.34. The Morgan fingerprint density at radius 2 is 2.23 bits per heavy atom. The number of aryl methyl sites for hydroxylation is 1. The van der Waals surface area contributed by atoms with Crippen LogP contribution in [-0.2, 0) is 11.3 Å². The van der Waals surface area contributed by atoms with Gasteiger partial charge >= 0.3 is 0 Å². The number of hydrogen-bond acceptors (Lipinski definition) is 5. The van der Waals surface area contributed by atoms with E-state index in [1.165, 1.54) is 4.88 Å². The molecule has 0 bridgehead atoms. The van der Waals surface area contributed by atoms with E-state index in [2.05, 4.69) is 15.0 Å². The molecule has 6 nitrogen and oxygen atoms in total. The van der Waals surface area contributed by atoms with Gasteiger partial charge in [-0.1, -0.05) is 0 Å². The molecule has 116 valence electrons. The van der Waals surface area contributed by atoms with Crippen LogP contribution in [0.15, 0.2) is 18.6 Å². The van der Waals surface area contributed by atoms with E-state index in [0.717, 1.165) is 43.3 Å². The molecule has 0 radical (unpaired) electrons. The number of nitrogens with zero attached hydrogens (tertiary/aromatic N) is 5. The third kappa shape index (κ3) is 2.55. The molecule has 2 saturated heterocycles. The Kier molecular flexibility index (Phi) is 3.46. The molecule has 0 atom stereocenters. The number of aromatic nitrogens is 3. The Morgan fingerprint density at radius 1 is 1.36 bits per heavy atom. The van der Waals surface area contributed by atoms with Gasteiger partial charge in [0.05, 0.1) is 22.9 Å². The number of rotatable bonds is 4. The Morgan fingerprint density at radius 3 is 2.91 bits per heavy atom. The summed E-state index contributed by atoms with van der Waals surface area (Å²) >= 11 is 1.76. The van der Waals surface area contributed by atoms with Crippen LogP contribution in [0.25, 0.3) is 0 Å². The van der Waals surface area contributed by atoms with Gasteiger partial charge in [0.15, 0.2) is 0 Å². The van der Waals surface area contributed by atoms with E-state index in [1.807, 2.05) is 35.1 Å². The molecule has 2 aliphatic rings. The van der Waals surface area contributed by atoms with E-state index in [9.17, 15) is 4.79 Å². The maximum Gasteiger partial charge on any atom is 0.227 e. The fourth-order valence-corrected chi connectivity index (χ4v) is 3.96. The zero-order valence-corrected chi connectivity index (χ0v) is 13.4. The molecule has 1 amide bonds. The van der Waals surface area contributed by atoms with Gasteiger partial charge in [-0.3, -0.25) is 14.4 Å². The number of amides is 1. The monoisotopic (exact) mass is 317 g/mol. The quantitative estimate of drug-likeness (QED) is 0.863. The summed E-state index contributed by atoms with van der Waals surface area (Å²) in [6, 6.07) is 0.417. The van der Waals surface area contributed by atoms with E-state index in [-0.39, 0.29) is 5.91 Å². The van der Waals surface area contributed by atoms with Crippen molar-refractivity contribution in [1.29, 1.82) is 0 Å². The molecular formula is C15H19N5OS. The highest BCUT2D eigenvalue weighted by molar-refractivity contribution is 7.11. The van der Waals surface area contributed by atoms with Crippen molar-refractivity contribution in [2.75, 3.05) is 24.5 Å². The minimum absolute atomic E-state index is 0.218. The maximum atomic E-state index is 11.8. The van der Waals surface area contributed by atoms with Crippen molar-refractivity contribution in [2.24, 2.45) is 0 Å². The van der Waals surface area contributed by atoms with Crippen LogP contribution in [-0.4, -0.2) is 45.2 Å². The van der Waals surface area contributed by atoms with Crippen LogP contribution in [0, 0.1) is 6.92 Å². The molecule has 0 N–H and O–H groups in total. The van der Waals surface area contributed by atoms with Crippen molar-refractivity contribution in [3.05, 3.63) is 28.5 Å². The number of anilines is 1. The van der Waals surface area contributed by atoms with Crippen molar-refractivity contribution < 1.29 is 4.79 Å². The highest BCUT2D eigenvalue weighted by Crippen LogP contribution is 2.27. The minimum Gasteiger partial charge on any atom is -0.309 e. The van der Waals surface area contributed by atoms with Gasteiger partial charge in [0.25, 0.3) is 0 Å². The maximum absolute atomic E-state index is 11.8. The smallest absolute Gasteiger partial charge is 0.227 e. The third-order valence-electron chi connectivity index (χ3n) is 4.33. The lowest BCUT2D eigenvalue weighted by atomic mass is 10.1. The number of carbonyl (C=O) groups is 1. The van der Waals surface area contributed by atoms with Crippen LogP contribution < -0.4 is 4.90 Å². The normalized spacial score (nSPS) is 19.9. The first-order chi connectivity index (χ1) is 10.7. The van der Waals surface area contributed by atoms with Crippen LogP contribution in [0.5, 0.6) is 0 Å². The fraction of sp³-hybridized carbons (Fsp3) is 0.533. The van der Waals surface area contributed by atoms with Crippen LogP contribution >= 0.6 is 11.3 Å². The van der Waals surface area contributed by atoms with Gasteiger partial charge in [0, 0.05) is 49.9 Å². The summed E-state index contributed by atoms with van der Waals surface area (Å²) in [7, 11) is 0. The number of likely N-dealkylation sites (tertiary alicyclic amines) is 1. The molecule has 22 heavy (non-hydrogen) atoms. The van der Waals surface area contributed by atoms with E-state index < -0.39 is 0 Å². The molecule has 2 fully saturated rings. The van der Waals surface area contributed by atoms with E-state index in [1.54, 1.807) is 11.3 Å². The van der Waals surface area contributed by atoms with E-state index >= 15 is 0 Å². The van der Waals surface area contributed by atoms with Gasteiger partial charge in [-0.25, -0.2) is 4.98 Å². The molecule has 4 heterocycles. The summed E-state index contributed by atoms with van der Waals surface area (Å²) < 4.78 is 2.01. The van der Waals surface area contributed by atoms with Crippen LogP contribution in [0.1, 0.15) is 28.8 Å². The van der Waals surface area contributed by atoms with Gasteiger partial charge in [-0.2, -0.15) is 5.10 Å². The van der Waals surface area contributed by atoms with Crippen LogP contribution in [0.4, 0.5) is 5.69 Å². The van der Waals surface area contributed by atoms with E-state index in [0.29, 0.717) is 12.5 Å². The summed E-state index contributed by atoms with van der Waals surface area (Å²) in [6.07, 6.45) is 7.42. The Balaban J connectivity index is 1.35. The summed E-state index contributed by atoms with van der Waals surface area (Å²) in [4.78, 5) is 21.6. The minimum atomic E-state index is 0.218. The average molecular weight is 317 g/mol. The molecule has 2 aromatic rings. The summed E-state index contributed by atoms with van der Waals surface area (Å²) in [5, 5.41) is 5.57. The Bertz CT molecular complexity index is 688. The predicted octanol–water partition coefficient (Wildman–Crippen LogP) is 1.83. The predicted molar refractivity (Wildman–Crippen MR) is 85.0 cm³/mol. The average Bonchev–Trinajstić information content (AvgIpc) is 3.14. The molecule has 2 aliphatic heterocycles. The van der Waals surface area contributed by atoms with Gasteiger partial charge < -0.3 is 4.90 Å². The molecule has 2 aromatic heterocycles. The summed E-state index contributed by atoms with van der Waals surface area (Å²) in [5.74, 6) is 0.218. The van der Waals surface area contributed by atoms with Crippen LogP contribution in [0.3, 0.4) is 0 Å². The number of thiazole rings is 1. The van der Waals surface area contributed by atoms with Gasteiger partial charge in [-0.15, -0.1) is 11.3 Å². The van der Waals surface area contributed by atoms with Gasteiger partial charge in [0.2, 0.25) is 5.91 Å². The second kappa shape index (κ2) is 5.48. The number of carbonyl (C=O) groups excluding carboxylic acids is 1. The summed E-state index contributed by atoms with van der Waals surface area (Å²) in [6.45, 7) is 5.85.